The molecule has 1 aromatic carbocycles. The summed E-state index contributed by atoms with van der Waals surface area (Å²) >= 11 is 0. The van der Waals surface area contributed by atoms with Crippen LogP contribution in [0.1, 0.15) is 22.3 Å². The molecule has 0 saturated heterocycles. The summed E-state index contributed by atoms with van der Waals surface area (Å²) in [6.45, 7) is 1.19. The molecule has 0 fully saturated rings. The molecule has 2 aromatic heterocycles. The van der Waals surface area contributed by atoms with Crippen molar-refractivity contribution in [1.82, 2.24) is 14.9 Å². The molecular formula is C19H16FN3O. The summed E-state index contributed by atoms with van der Waals surface area (Å²) in [4.78, 5) is 21.4. The first-order chi connectivity index (χ1) is 11.7. The lowest BCUT2D eigenvalue weighted by Gasteiger charge is -2.26. The Morgan fingerprint density at radius 2 is 2.21 bits per heavy atom. The van der Waals surface area contributed by atoms with Crippen LogP contribution in [0.4, 0.5) is 4.39 Å². The third kappa shape index (κ3) is 2.58. The zero-order chi connectivity index (χ0) is 16.5. The summed E-state index contributed by atoms with van der Waals surface area (Å²) < 4.78 is 13.5. The minimum atomic E-state index is -0.242. The molecule has 0 aliphatic carbocycles. The second-order valence-electron chi connectivity index (χ2n) is 5.86. The molecule has 1 aliphatic heterocycles. The number of hydrogen-bond donors (Lipinski definition) is 1. The Morgan fingerprint density at radius 1 is 1.29 bits per heavy atom. The van der Waals surface area contributed by atoms with Gasteiger partial charge in [-0.15, -0.1) is 0 Å². The number of rotatable bonds is 2. The van der Waals surface area contributed by atoms with E-state index in [9.17, 15) is 9.18 Å². The van der Waals surface area contributed by atoms with Gasteiger partial charge in [-0.05, 0) is 42.3 Å². The lowest BCUT2D eigenvalue weighted by Crippen LogP contribution is -2.34. The standard InChI is InChI=1S/C19H16FN3O/c20-15-3-4-18-16(10-15)17(12-22-18)13-5-8-23(9-6-13)19(24)14-2-1-7-21-11-14/h1-5,7,10-12,22H,6,8-9H2. The van der Waals surface area contributed by atoms with Gasteiger partial charge >= 0.3 is 0 Å². The molecule has 3 heterocycles. The Bertz CT molecular complexity index is 930. The second kappa shape index (κ2) is 5.92. The van der Waals surface area contributed by atoms with E-state index in [2.05, 4.69) is 9.97 Å². The summed E-state index contributed by atoms with van der Waals surface area (Å²) in [5.41, 5.74) is 3.67. The zero-order valence-corrected chi connectivity index (χ0v) is 13.0. The van der Waals surface area contributed by atoms with Crippen LogP contribution in [0.25, 0.3) is 16.5 Å². The van der Waals surface area contributed by atoms with Crippen molar-refractivity contribution in [3.63, 3.8) is 0 Å². The van der Waals surface area contributed by atoms with E-state index in [1.54, 1.807) is 41.6 Å². The summed E-state index contributed by atoms with van der Waals surface area (Å²) in [6.07, 6.45) is 7.94. The highest BCUT2D eigenvalue weighted by molar-refractivity contribution is 5.96. The van der Waals surface area contributed by atoms with Crippen LogP contribution in [-0.2, 0) is 0 Å². The van der Waals surface area contributed by atoms with Gasteiger partial charge in [0.1, 0.15) is 5.82 Å². The zero-order valence-electron chi connectivity index (χ0n) is 13.0. The number of pyridine rings is 1. The van der Waals surface area contributed by atoms with Crippen LogP contribution in [-0.4, -0.2) is 33.9 Å². The first kappa shape index (κ1) is 14.6. The van der Waals surface area contributed by atoms with E-state index in [0.29, 0.717) is 18.7 Å². The van der Waals surface area contributed by atoms with Gasteiger partial charge in [-0.25, -0.2) is 4.39 Å². The molecule has 1 amide bonds. The Kier molecular flexibility index (Phi) is 3.61. The van der Waals surface area contributed by atoms with Crippen molar-refractivity contribution in [2.75, 3.05) is 13.1 Å². The molecule has 0 saturated carbocycles. The van der Waals surface area contributed by atoms with E-state index >= 15 is 0 Å². The van der Waals surface area contributed by atoms with E-state index in [-0.39, 0.29) is 11.7 Å². The van der Waals surface area contributed by atoms with Gasteiger partial charge in [-0.1, -0.05) is 6.08 Å². The Hall–Kier alpha value is -2.95. The summed E-state index contributed by atoms with van der Waals surface area (Å²) in [6, 6.07) is 8.28. The van der Waals surface area contributed by atoms with Crippen LogP contribution < -0.4 is 0 Å². The Labute approximate surface area is 138 Å². The molecule has 5 heteroatoms. The van der Waals surface area contributed by atoms with E-state index in [1.807, 2.05) is 12.3 Å². The summed E-state index contributed by atoms with van der Waals surface area (Å²) in [5, 5.41) is 0.883. The second-order valence-corrected chi connectivity index (χ2v) is 5.86. The number of aromatic amines is 1. The number of carbonyl (C=O) groups is 1. The number of hydrogen-bond acceptors (Lipinski definition) is 2. The molecule has 0 bridgehead atoms. The van der Waals surface area contributed by atoms with Crippen molar-refractivity contribution < 1.29 is 9.18 Å². The minimum Gasteiger partial charge on any atom is -0.361 e. The molecule has 0 spiro atoms. The van der Waals surface area contributed by atoms with Gasteiger partial charge in [-0.3, -0.25) is 9.78 Å². The van der Waals surface area contributed by atoms with Crippen LogP contribution in [0.5, 0.6) is 0 Å². The van der Waals surface area contributed by atoms with Crippen molar-refractivity contribution in [3.8, 4) is 0 Å². The number of carbonyl (C=O) groups excluding carboxylic acids is 1. The highest BCUT2D eigenvalue weighted by Gasteiger charge is 2.20. The highest BCUT2D eigenvalue weighted by Crippen LogP contribution is 2.30. The smallest absolute Gasteiger partial charge is 0.255 e. The molecule has 4 nitrogen and oxygen atoms in total. The van der Waals surface area contributed by atoms with Crippen LogP contribution in [0, 0.1) is 5.82 Å². The van der Waals surface area contributed by atoms with Crippen LogP contribution in [0.15, 0.2) is 55.0 Å². The molecule has 0 atom stereocenters. The van der Waals surface area contributed by atoms with Crippen molar-refractivity contribution >= 4 is 22.4 Å². The predicted octanol–water partition coefficient (Wildman–Crippen LogP) is 3.63. The SMILES string of the molecule is O=C(c1cccnc1)N1CC=C(c2c[nH]c3ccc(F)cc23)CC1. The van der Waals surface area contributed by atoms with Gasteiger partial charge < -0.3 is 9.88 Å². The minimum absolute atomic E-state index is 0.0108. The van der Waals surface area contributed by atoms with Crippen molar-refractivity contribution in [2.45, 2.75) is 6.42 Å². The van der Waals surface area contributed by atoms with E-state index in [0.717, 1.165) is 28.5 Å². The fourth-order valence-electron chi connectivity index (χ4n) is 3.13. The molecular weight excluding hydrogens is 305 g/mol. The molecule has 1 aliphatic rings. The van der Waals surface area contributed by atoms with Crippen LogP contribution in [0.2, 0.25) is 0 Å². The fourth-order valence-corrected chi connectivity index (χ4v) is 3.13. The van der Waals surface area contributed by atoms with Gasteiger partial charge in [0.05, 0.1) is 5.56 Å². The highest BCUT2D eigenvalue weighted by atomic mass is 19.1. The molecule has 0 radical (unpaired) electrons. The monoisotopic (exact) mass is 321 g/mol. The van der Waals surface area contributed by atoms with Gasteiger partial charge in [0.2, 0.25) is 0 Å². The normalized spacial score (nSPS) is 14.7. The molecule has 3 aromatic rings. The number of benzene rings is 1. The van der Waals surface area contributed by atoms with Gasteiger partial charge in [0, 0.05) is 48.1 Å². The first-order valence-electron chi connectivity index (χ1n) is 7.88. The van der Waals surface area contributed by atoms with Crippen LogP contribution in [0.3, 0.4) is 0 Å². The lowest BCUT2D eigenvalue weighted by atomic mass is 9.98. The maximum atomic E-state index is 13.5. The quantitative estimate of drug-likeness (QED) is 0.783. The number of aromatic nitrogens is 2. The number of nitrogens with one attached hydrogen (secondary N) is 1. The van der Waals surface area contributed by atoms with Crippen LogP contribution >= 0.6 is 0 Å². The van der Waals surface area contributed by atoms with E-state index < -0.39 is 0 Å². The van der Waals surface area contributed by atoms with Crippen molar-refractivity contribution in [2.24, 2.45) is 0 Å². The van der Waals surface area contributed by atoms with Crippen molar-refractivity contribution in [1.29, 1.82) is 0 Å². The predicted molar refractivity (Wildman–Crippen MR) is 91.0 cm³/mol. The molecule has 1 N–H and O–H groups in total. The molecule has 120 valence electrons. The number of amides is 1. The van der Waals surface area contributed by atoms with E-state index in [4.69, 9.17) is 0 Å². The topological polar surface area (TPSA) is 49.0 Å². The largest absolute Gasteiger partial charge is 0.361 e. The summed E-state index contributed by atoms with van der Waals surface area (Å²) in [7, 11) is 0. The maximum absolute atomic E-state index is 13.5. The molecule has 0 unspecified atom stereocenters. The van der Waals surface area contributed by atoms with Gasteiger partial charge in [-0.2, -0.15) is 0 Å². The third-order valence-electron chi connectivity index (χ3n) is 4.39. The van der Waals surface area contributed by atoms with Gasteiger partial charge in [0.15, 0.2) is 0 Å². The maximum Gasteiger partial charge on any atom is 0.255 e. The molecule has 24 heavy (non-hydrogen) atoms. The average molecular weight is 321 g/mol. The van der Waals surface area contributed by atoms with E-state index in [1.165, 1.54) is 6.07 Å². The Balaban J connectivity index is 1.58. The number of nitrogens with zero attached hydrogens (tertiary/aromatic N) is 2. The van der Waals surface area contributed by atoms with Gasteiger partial charge in [0.25, 0.3) is 5.91 Å². The number of H-pyrrole nitrogens is 1. The average Bonchev–Trinajstić information content (AvgIpc) is 3.05. The number of fused-ring (bicyclic) bond motifs is 1. The number of halogens is 1. The summed E-state index contributed by atoms with van der Waals surface area (Å²) in [5.74, 6) is -0.253. The Morgan fingerprint density at radius 3 is 2.96 bits per heavy atom. The lowest BCUT2D eigenvalue weighted by molar-refractivity contribution is 0.0772. The fraction of sp³-hybridized carbons (Fsp3) is 0.158. The molecule has 4 rings (SSSR count). The van der Waals surface area contributed by atoms with Crippen molar-refractivity contribution in [3.05, 3.63) is 71.9 Å². The third-order valence-corrected chi connectivity index (χ3v) is 4.39. The first-order valence-corrected chi connectivity index (χ1v) is 7.88.